The summed E-state index contributed by atoms with van der Waals surface area (Å²) in [6.45, 7) is 0.204. The quantitative estimate of drug-likeness (QED) is 0.811. The highest BCUT2D eigenvalue weighted by Gasteiger charge is 2.25. The summed E-state index contributed by atoms with van der Waals surface area (Å²) in [6, 6.07) is 3.92. The molecule has 1 aliphatic heterocycles. The molecule has 0 spiro atoms. The molecule has 2 rings (SSSR count). The fourth-order valence-electron chi connectivity index (χ4n) is 1.92. The molecule has 2 amide bonds. The maximum atomic E-state index is 12.1. The molecule has 1 saturated heterocycles. The van der Waals surface area contributed by atoms with Crippen molar-refractivity contribution in [2.24, 2.45) is 0 Å². The fraction of sp³-hybridized carbons (Fsp3) is 0.333. The molecule has 1 fully saturated rings. The summed E-state index contributed by atoms with van der Waals surface area (Å²) in [4.78, 5) is 24.5. The van der Waals surface area contributed by atoms with Crippen molar-refractivity contribution in [1.82, 2.24) is 4.90 Å². The highest BCUT2D eigenvalue weighted by molar-refractivity contribution is 9.10. The highest BCUT2D eigenvalue weighted by atomic mass is 79.9. The van der Waals surface area contributed by atoms with Crippen LogP contribution in [0.2, 0.25) is 0 Å². The molecule has 1 aromatic rings. The average molecular weight is 377 g/mol. The zero-order valence-electron chi connectivity index (χ0n) is 10.9. The van der Waals surface area contributed by atoms with E-state index in [4.69, 9.17) is 5.11 Å². The van der Waals surface area contributed by atoms with Crippen LogP contribution in [0.3, 0.4) is 0 Å². The first-order chi connectivity index (χ1) is 9.78. The summed E-state index contributed by atoms with van der Waals surface area (Å²) in [7, 11) is -3.07. The molecule has 0 aliphatic carbocycles. The van der Waals surface area contributed by atoms with Gasteiger partial charge in [0, 0.05) is 17.6 Å². The molecule has 0 radical (unpaired) electrons. The lowest BCUT2D eigenvalue weighted by Crippen LogP contribution is -2.45. The summed E-state index contributed by atoms with van der Waals surface area (Å²) in [5.41, 5.74) is 0.131. The van der Waals surface area contributed by atoms with Crippen molar-refractivity contribution in [2.45, 2.75) is 0 Å². The molecule has 0 atom stereocenters. The van der Waals surface area contributed by atoms with Gasteiger partial charge in [-0.3, -0.25) is 0 Å². The number of carboxylic acids is 1. The molecular weight excluding hydrogens is 364 g/mol. The van der Waals surface area contributed by atoms with Gasteiger partial charge in [-0.15, -0.1) is 0 Å². The molecule has 0 bridgehead atoms. The van der Waals surface area contributed by atoms with Gasteiger partial charge in [0.05, 0.1) is 22.8 Å². The van der Waals surface area contributed by atoms with Gasteiger partial charge in [0.15, 0.2) is 9.84 Å². The van der Waals surface area contributed by atoms with Crippen molar-refractivity contribution in [1.29, 1.82) is 0 Å². The number of halogens is 1. The normalized spacial score (nSPS) is 17.3. The number of nitrogens with one attached hydrogen (secondary N) is 1. The molecule has 1 aliphatic rings. The first kappa shape index (κ1) is 15.8. The number of carbonyl (C=O) groups is 2. The van der Waals surface area contributed by atoms with Crippen molar-refractivity contribution in [3.8, 4) is 0 Å². The molecule has 0 saturated carbocycles. The molecule has 0 unspecified atom stereocenters. The van der Waals surface area contributed by atoms with E-state index in [-0.39, 0.29) is 35.8 Å². The number of amides is 2. The fourth-order valence-corrected chi connectivity index (χ4v) is 3.48. The molecule has 1 heterocycles. The number of urea groups is 1. The van der Waals surface area contributed by atoms with Crippen LogP contribution in [-0.4, -0.2) is 55.0 Å². The van der Waals surface area contributed by atoms with Gasteiger partial charge in [-0.2, -0.15) is 0 Å². The van der Waals surface area contributed by atoms with E-state index in [2.05, 4.69) is 21.2 Å². The van der Waals surface area contributed by atoms with Gasteiger partial charge in [0.1, 0.15) is 0 Å². The van der Waals surface area contributed by atoms with E-state index in [9.17, 15) is 18.0 Å². The van der Waals surface area contributed by atoms with Crippen molar-refractivity contribution in [2.75, 3.05) is 29.9 Å². The third-order valence-corrected chi connectivity index (χ3v) is 5.19. The maximum Gasteiger partial charge on any atom is 0.337 e. The summed E-state index contributed by atoms with van der Waals surface area (Å²) in [5.74, 6) is -1.31. The first-order valence-electron chi connectivity index (χ1n) is 6.08. The van der Waals surface area contributed by atoms with E-state index >= 15 is 0 Å². The van der Waals surface area contributed by atoms with E-state index < -0.39 is 21.8 Å². The van der Waals surface area contributed by atoms with Crippen LogP contribution in [0, 0.1) is 0 Å². The Balaban J connectivity index is 2.13. The number of nitrogens with zero attached hydrogens (tertiary/aromatic N) is 1. The van der Waals surface area contributed by atoms with Crippen LogP contribution in [0.5, 0.6) is 0 Å². The van der Waals surface area contributed by atoms with Crippen molar-refractivity contribution < 1.29 is 23.1 Å². The third-order valence-electron chi connectivity index (χ3n) is 3.09. The molecule has 1 aromatic carbocycles. The molecule has 0 aromatic heterocycles. The Morgan fingerprint density at radius 1 is 1.24 bits per heavy atom. The lowest BCUT2D eigenvalue weighted by Gasteiger charge is -2.27. The standard InChI is InChI=1S/C12H13BrN2O5S/c13-8-1-2-9(11(16)17)10(7-8)14-12(18)15-3-5-21(19,20)6-4-15/h1-2,7H,3-6H2,(H,14,18)(H,16,17). The van der Waals surface area contributed by atoms with Crippen molar-refractivity contribution >= 4 is 43.5 Å². The summed E-state index contributed by atoms with van der Waals surface area (Å²) >= 11 is 3.21. The molecule has 7 nitrogen and oxygen atoms in total. The number of hydrogen-bond acceptors (Lipinski definition) is 4. The van der Waals surface area contributed by atoms with E-state index in [1.165, 1.54) is 17.0 Å². The van der Waals surface area contributed by atoms with E-state index in [0.29, 0.717) is 4.47 Å². The molecular formula is C12H13BrN2O5S. The summed E-state index contributed by atoms with van der Waals surface area (Å²) in [5, 5.41) is 11.6. The molecule has 114 valence electrons. The SMILES string of the molecule is O=C(O)c1ccc(Br)cc1NC(=O)N1CCS(=O)(=O)CC1. The van der Waals surface area contributed by atoms with Gasteiger partial charge in [-0.25, -0.2) is 18.0 Å². The number of aromatic carboxylic acids is 1. The topological polar surface area (TPSA) is 104 Å². The number of rotatable bonds is 2. The number of carboxylic acid groups (broad SMARTS) is 1. The molecule has 9 heteroatoms. The first-order valence-corrected chi connectivity index (χ1v) is 8.69. The largest absolute Gasteiger partial charge is 0.478 e. The van der Waals surface area contributed by atoms with Crippen LogP contribution >= 0.6 is 15.9 Å². The predicted molar refractivity (Wildman–Crippen MR) is 80.3 cm³/mol. The number of benzene rings is 1. The van der Waals surface area contributed by atoms with E-state index in [1.807, 2.05) is 0 Å². The zero-order valence-corrected chi connectivity index (χ0v) is 13.3. The van der Waals surface area contributed by atoms with Crippen LogP contribution in [0.15, 0.2) is 22.7 Å². The maximum absolute atomic E-state index is 12.1. The Bertz CT molecular complexity index is 675. The smallest absolute Gasteiger partial charge is 0.337 e. The summed E-state index contributed by atoms with van der Waals surface area (Å²) in [6.07, 6.45) is 0. The summed E-state index contributed by atoms with van der Waals surface area (Å²) < 4.78 is 23.3. The third kappa shape index (κ3) is 3.94. The van der Waals surface area contributed by atoms with Crippen LogP contribution < -0.4 is 5.32 Å². The number of sulfone groups is 1. The van der Waals surface area contributed by atoms with Crippen LogP contribution in [0.1, 0.15) is 10.4 Å². The van der Waals surface area contributed by atoms with Crippen LogP contribution in [0.25, 0.3) is 0 Å². The number of hydrogen-bond donors (Lipinski definition) is 2. The van der Waals surface area contributed by atoms with E-state index in [1.54, 1.807) is 6.07 Å². The minimum atomic E-state index is -3.07. The van der Waals surface area contributed by atoms with Gasteiger partial charge < -0.3 is 15.3 Å². The van der Waals surface area contributed by atoms with Gasteiger partial charge in [0.2, 0.25) is 0 Å². The number of anilines is 1. The minimum Gasteiger partial charge on any atom is -0.478 e. The Labute approximate surface area is 130 Å². The second-order valence-electron chi connectivity index (χ2n) is 4.56. The zero-order chi connectivity index (χ0) is 15.6. The predicted octanol–water partition coefficient (Wildman–Crippen LogP) is 1.41. The Morgan fingerprint density at radius 2 is 1.86 bits per heavy atom. The van der Waals surface area contributed by atoms with Crippen molar-refractivity contribution in [3.63, 3.8) is 0 Å². The number of carbonyl (C=O) groups excluding carboxylic acids is 1. The van der Waals surface area contributed by atoms with Crippen LogP contribution in [-0.2, 0) is 9.84 Å². The van der Waals surface area contributed by atoms with Gasteiger partial charge >= 0.3 is 12.0 Å². The lowest BCUT2D eigenvalue weighted by atomic mass is 10.2. The lowest BCUT2D eigenvalue weighted by molar-refractivity contribution is 0.0698. The van der Waals surface area contributed by atoms with Crippen molar-refractivity contribution in [3.05, 3.63) is 28.2 Å². The highest BCUT2D eigenvalue weighted by Crippen LogP contribution is 2.22. The monoisotopic (exact) mass is 376 g/mol. The van der Waals surface area contributed by atoms with E-state index in [0.717, 1.165) is 0 Å². The van der Waals surface area contributed by atoms with Gasteiger partial charge in [-0.1, -0.05) is 15.9 Å². The van der Waals surface area contributed by atoms with Gasteiger partial charge in [-0.05, 0) is 18.2 Å². The second-order valence-corrected chi connectivity index (χ2v) is 7.78. The minimum absolute atomic E-state index is 0.0313. The Kier molecular flexibility index (Phi) is 4.52. The average Bonchev–Trinajstić information content (AvgIpc) is 2.38. The molecule has 21 heavy (non-hydrogen) atoms. The Hall–Kier alpha value is -1.61. The van der Waals surface area contributed by atoms with Crippen LogP contribution in [0.4, 0.5) is 10.5 Å². The van der Waals surface area contributed by atoms with Gasteiger partial charge in [0.25, 0.3) is 0 Å². The molecule has 2 N–H and O–H groups in total. The Morgan fingerprint density at radius 3 is 2.43 bits per heavy atom. The second kappa shape index (κ2) is 6.02.